The van der Waals surface area contributed by atoms with Crippen molar-refractivity contribution in [3.05, 3.63) is 46.2 Å². The van der Waals surface area contributed by atoms with Crippen LogP contribution in [-0.4, -0.2) is 30.7 Å². The lowest BCUT2D eigenvalue weighted by Gasteiger charge is -2.10. The van der Waals surface area contributed by atoms with Gasteiger partial charge in [-0.1, -0.05) is 30.4 Å². The molecule has 3 aromatic heterocycles. The van der Waals surface area contributed by atoms with Crippen molar-refractivity contribution in [3.8, 4) is 0 Å². The minimum Gasteiger partial charge on any atom is -0.301 e. The number of anilines is 1. The number of nitrogens with zero attached hydrogens (tertiary/aromatic N) is 5. The molecule has 7 nitrogen and oxygen atoms in total. The standard InChI is InChI=1S/C20H22N6OS/c1-4-7-18-23-24-20(28-18)22-17(27)11-10-14-12(2)21-19-15-8-5-6-9-16(15)25-26(19)13(14)3/h5-6,8-9H,4,7,10-11H2,1-3H3,(H,22,24,27). The van der Waals surface area contributed by atoms with Crippen LogP contribution in [0.15, 0.2) is 24.3 Å². The monoisotopic (exact) mass is 394 g/mol. The fraction of sp³-hybridized carbons (Fsp3) is 0.350. The van der Waals surface area contributed by atoms with Crippen molar-refractivity contribution in [3.63, 3.8) is 0 Å². The predicted octanol–water partition coefficient (Wildman–Crippen LogP) is 3.87. The largest absolute Gasteiger partial charge is 0.301 e. The first kappa shape index (κ1) is 18.5. The van der Waals surface area contributed by atoms with Crippen LogP contribution in [-0.2, 0) is 17.6 Å². The molecule has 0 aliphatic heterocycles. The molecule has 1 amide bonds. The van der Waals surface area contributed by atoms with Crippen LogP contribution in [0.4, 0.5) is 5.13 Å². The van der Waals surface area contributed by atoms with Gasteiger partial charge in [0.15, 0.2) is 5.65 Å². The van der Waals surface area contributed by atoms with E-state index < -0.39 is 0 Å². The number of aromatic nitrogens is 5. The Bertz CT molecular complexity index is 1160. The highest BCUT2D eigenvalue weighted by molar-refractivity contribution is 7.15. The van der Waals surface area contributed by atoms with Crippen molar-refractivity contribution in [1.29, 1.82) is 0 Å². The van der Waals surface area contributed by atoms with Crippen LogP contribution in [0, 0.1) is 13.8 Å². The number of nitrogens with one attached hydrogen (secondary N) is 1. The number of amides is 1. The van der Waals surface area contributed by atoms with Gasteiger partial charge in [-0.2, -0.15) is 5.10 Å². The van der Waals surface area contributed by atoms with Crippen LogP contribution in [0.5, 0.6) is 0 Å². The molecule has 0 saturated carbocycles. The van der Waals surface area contributed by atoms with E-state index in [1.807, 2.05) is 42.6 Å². The van der Waals surface area contributed by atoms with Crippen LogP contribution < -0.4 is 5.32 Å². The molecule has 4 aromatic rings. The number of rotatable bonds is 6. The van der Waals surface area contributed by atoms with Crippen molar-refractivity contribution in [2.24, 2.45) is 0 Å². The van der Waals surface area contributed by atoms with Crippen molar-refractivity contribution in [2.75, 3.05) is 5.32 Å². The summed E-state index contributed by atoms with van der Waals surface area (Å²) in [6.45, 7) is 6.12. The van der Waals surface area contributed by atoms with Gasteiger partial charge in [-0.15, -0.1) is 10.2 Å². The lowest BCUT2D eigenvalue weighted by molar-refractivity contribution is -0.116. The molecule has 28 heavy (non-hydrogen) atoms. The first-order valence-electron chi connectivity index (χ1n) is 9.42. The predicted molar refractivity (Wildman–Crippen MR) is 111 cm³/mol. The average Bonchev–Trinajstić information content (AvgIpc) is 3.26. The van der Waals surface area contributed by atoms with E-state index in [1.54, 1.807) is 0 Å². The Hall–Kier alpha value is -2.87. The molecule has 0 aliphatic rings. The number of carbonyl (C=O) groups excluding carboxylic acids is 1. The normalized spacial score (nSPS) is 11.4. The number of benzene rings is 1. The van der Waals surface area contributed by atoms with E-state index in [4.69, 9.17) is 4.98 Å². The molecule has 0 spiro atoms. The second-order valence-electron chi connectivity index (χ2n) is 6.81. The van der Waals surface area contributed by atoms with E-state index in [1.165, 1.54) is 11.3 Å². The summed E-state index contributed by atoms with van der Waals surface area (Å²) in [5.41, 5.74) is 4.79. The molecule has 3 heterocycles. The molecule has 8 heteroatoms. The maximum absolute atomic E-state index is 12.4. The van der Waals surface area contributed by atoms with Gasteiger partial charge < -0.3 is 5.32 Å². The van der Waals surface area contributed by atoms with Gasteiger partial charge in [0.05, 0.1) is 5.52 Å². The summed E-state index contributed by atoms with van der Waals surface area (Å²) in [5, 5.41) is 18.2. The molecular formula is C20H22N6OS. The van der Waals surface area contributed by atoms with Crippen LogP contribution >= 0.6 is 11.3 Å². The van der Waals surface area contributed by atoms with Gasteiger partial charge in [0.2, 0.25) is 11.0 Å². The Morgan fingerprint density at radius 1 is 1.18 bits per heavy atom. The topological polar surface area (TPSA) is 85.1 Å². The second-order valence-corrected chi connectivity index (χ2v) is 7.87. The van der Waals surface area contributed by atoms with Crippen molar-refractivity contribution in [2.45, 2.75) is 46.5 Å². The van der Waals surface area contributed by atoms with E-state index in [-0.39, 0.29) is 5.91 Å². The van der Waals surface area contributed by atoms with Gasteiger partial charge in [0.25, 0.3) is 0 Å². The maximum atomic E-state index is 12.4. The highest BCUT2D eigenvalue weighted by Crippen LogP contribution is 2.23. The average molecular weight is 395 g/mol. The van der Waals surface area contributed by atoms with Crippen LogP contribution in [0.3, 0.4) is 0 Å². The highest BCUT2D eigenvalue weighted by Gasteiger charge is 2.15. The van der Waals surface area contributed by atoms with Gasteiger partial charge in [-0.05, 0) is 44.4 Å². The van der Waals surface area contributed by atoms with Gasteiger partial charge >= 0.3 is 0 Å². The van der Waals surface area contributed by atoms with E-state index in [9.17, 15) is 4.79 Å². The Kier molecular flexibility index (Phi) is 5.04. The van der Waals surface area contributed by atoms with E-state index in [0.717, 1.165) is 51.4 Å². The Morgan fingerprint density at radius 3 is 2.82 bits per heavy atom. The molecule has 144 valence electrons. The molecule has 1 N–H and O–H groups in total. The molecule has 0 unspecified atom stereocenters. The summed E-state index contributed by atoms with van der Waals surface area (Å²) in [5.74, 6) is -0.0660. The zero-order chi connectivity index (χ0) is 19.7. The lowest BCUT2D eigenvalue weighted by atomic mass is 10.1. The molecule has 0 atom stereocenters. The summed E-state index contributed by atoms with van der Waals surface area (Å²) >= 11 is 1.44. The van der Waals surface area contributed by atoms with Crippen LogP contribution in [0.1, 0.15) is 41.7 Å². The fourth-order valence-corrected chi connectivity index (χ4v) is 4.24. The summed E-state index contributed by atoms with van der Waals surface area (Å²) in [6.07, 6.45) is 2.86. The van der Waals surface area contributed by atoms with Crippen molar-refractivity contribution >= 4 is 38.9 Å². The smallest absolute Gasteiger partial charge is 0.226 e. The number of hydrogen-bond donors (Lipinski definition) is 1. The third kappa shape index (κ3) is 3.47. The summed E-state index contributed by atoms with van der Waals surface area (Å²) in [6, 6.07) is 7.99. The quantitative estimate of drug-likeness (QED) is 0.536. The van der Waals surface area contributed by atoms with Gasteiger partial charge in [0.1, 0.15) is 5.01 Å². The summed E-state index contributed by atoms with van der Waals surface area (Å²) < 4.78 is 1.88. The third-order valence-corrected chi connectivity index (χ3v) is 5.70. The second kappa shape index (κ2) is 7.63. The number of carbonyl (C=O) groups is 1. The number of aryl methyl sites for hydroxylation is 3. The van der Waals surface area contributed by atoms with Crippen molar-refractivity contribution in [1.82, 2.24) is 24.8 Å². The Balaban J connectivity index is 1.52. The number of hydrogen-bond acceptors (Lipinski definition) is 6. The molecular weight excluding hydrogens is 372 g/mol. The number of fused-ring (bicyclic) bond motifs is 3. The SMILES string of the molecule is CCCc1nnc(NC(=O)CCc2c(C)nc3c4ccccc4nn3c2C)s1. The minimum absolute atomic E-state index is 0.0660. The summed E-state index contributed by atoms with van der Waals surface area (Å²) in [7, 11) is 0. The minimum atomic E-state index is -0.0660. The van der Waals surface area contributed by atoms with Gasteiger partial charge in [0, 0.05) is 29.6 Å². The van der Waals surface area contributed by atoms with Crippen LogP contribution in [0.2, 0.25) is 0 Å². The molecule has 4 rings (SSSR count). The van der Waals surface area contributed by atoms with Crippen LogP contribution in [0.25, 0.3) is 16.6 Å². The third-order valence-electron chi connectivity index (χ3n) is 4.80. The van der Waals surface area contributed by atoms with E-state index in [0.29, 0.717) is 18.0 Å². The molecule has 0 saturated heterocycles. The first-order chi connectivity index (χ1) is 13.6. The fourth-order valence-electron chi connectivity index (χ4n) is 3.38. The highest BCUT2D eigenvalue weighted by atomic mass is 32.1. The zero-order valence-electron chi connectivity index (χ0n) is 16.2. The van der Waals surface area contributed by atoms with Gasteiger partial charge in [-0.25, -0.2) is 9.50 Å². The Labute approximate surface area is 166 Å². The summed E-state index contributed by atoms with van der Waals surface area (Å²) in [4.78, 5) is 17.1. The van der Waals surface area contributed by atoms with Gasteiger partial charge in [-0.3, -0.25) is 4.79 Å². The van der Waals surface area contributed by atoms with E-state index >= 15 is 0 Å². The Morgan fingerprint density at radius 2 is 2.00 bits per heavy atom. The molecule has 0 fully saturated rings. The van der Waals surface area contributed by atoms with Crippen molar-refractivity contribution < 1.29 is 4.79 Å². The molecule has 0 radical (unpaired) electrons. The van der Waals surface area contributed by atoms with E-state index in [2.05, 4.69) is 27.5 Å². The first-order valence-corrected chi connectivity index (χ1v) is 10.2. The maximum Gasteiger partial charge on any atom is 0.226 e. The molecule has 0 aliphatic carbocycles. The molecule has 0 bridgehead atoms. The molecule has 1 aromatic carbocycles. The lowest BCUT2D eigenvalue weighted by Crippen LogP contribution is -2.14. The zero-order valence-corrected chi connectivity index (χ0v) is 17.0.